The molecule has 36 heavy (non-hydrogen) atoms. The van der Waals surface area contributed by atoms with Crippen LogP contribution in [0.1, 0.15) is 56.9 Å². The summed E-state index contributed by atoms with van der Waals surface area (Å²) in [5.41, 5.74) is 5.45. The van der Waals surface area contributed by atoms with E-state index in [2.05, 4.69) is 0 Å². The average molecular weight is 484 g/mol. The summed E-state index contributed by atoms with van der Waals surface area (Å²) in [6.45, 7) is 8.68. The molecule has 1 amide bonds. The number of aryl methyl sites for hydroxylation is 3. The minimum Gasteiger partial charge on any atom is -0.493 e. The molecule has 4 aromatic rings. The van der Waals surface area contributed by atoms with E-state index in [9.17, 15) is 9.59 Å². The third kappa shape index (κ3) is 3.92. The lowest BCUT2D eigenvalue weighted by Gasteiger charge is -2.26. The molecule has 1 aliphatic heterocycles. The van der Waals surface area contributed by atoms with Crippen molar-refractivity contribution in [3.05, 3.63) is 104 Å². The van der Waals surface area contributed by atoms with Crippen LogP contribution in [0, 0.1) is 20.8 Å². The van der Waals surface area contributed by atoms with Gasteiger partial charge in [-0.2, -0.15) is 0 Å². The lowest BCUT2D eigenvalue weighted by molar-refractivity contribution is 0.0714. The highest BCUT2D eigenvalue weighted by Crippen LogP contribution is 2.42. The zero-order valence-electron chi connectivity index (χ0n) is 21.2. The first-order valence-corrected chi connectivity index (χ1v) is 12.1. The van der Waals surface area contributed by atoms with E-state index in [0.717, 1.165) is 27.8 Å². The Morgan fingerprint density at radius 1 is 0.917 bits per heavy atom. The van der Waals surface area contributed by atoms with Crippen molar-refractivity contribution in [3.8, 4) is 11.5 Å². The second-order valence-electron chi connectivity index (χ2n) is 9.27. The number of nitrogens with zero attached hydrogens (tertiary/aromatic N) is 1. The zero-order chi connectivity index (χ0) is 25.6. The molecule has 6 heteroatoms. The van der Waals surface area contributed by atoms with Crippen LogP contribution in [0.3, 0.4) is 0 Å². The third-order valence-corrected chi connectivity index (χ3v) is 6.86. The largest absolute Gasteiger partial charge is 0.493 e. The Labute approximate surface area is 210 Å². The SMILES string of the molecule is CCOc1ccc(C2c3c(oc4cc(C)c(C)cc4c3=O)C(=O)N2Cc2ccc(C)cc2)cc1OC. The molecular weight excluding hydrogens is 454 g/mol. The van der Waals surface area contributed by atoms with Crippen molar-refractivity contribution in [1.29, 1.82) is 0 Å². The number of hydrogen-bond acceptors (Lipinski definition) is 5. The van der Waals surface area contributed by atoms with E-state index < -0.39 is 6.04 Å². The smallest absolute Gasteiger partial charge is 0.291 e. The molecule has 1 aromatic heterocycles. The highest BCUT2D eigenvalue weighted by Gasteiger charge is 2.43. The van der Waals surface area contributed by atoms with E-state index in [4.69, 9.17) is 13.9 Å². The molecule has 5 rings (SSSR count). The van der Waals surface area contributed by atoms with E-state index in [0.29, 0.717) is 41.2 Å². The van der Waals surface area contributed by atoms with Gasteiger partial charge >= 0.3 is 0 Å². The van der Waals surface area contributed by atoms with E-state index in [1.54, 1.807) is 12.0 Å². The molecule has 0 radical (unpaired) electrons. The van der Waals surface area contributed by atoms with Crippen molar-refractivity contribution in [3.63, 3.8) is 0 Å². The molecule has 1 unspecified atom stereocenters. The molecule has 0 aliphatic carbocycles. The van der Waals surface area contributed by atoms with Crippen molar-refractivity contribution in [2.24, 2.45) is 0 Å². The van der Waals surface area contributed by atoms with Crippen LogP contribution >= 0.6 is 0 Å². The number of methoxy groups -OCH3 is 1. The van der Waals surface area contributed by atoms with E-state index in [1.165, 1.54) is 0 Å². The molecule has 184 valence electrons. The fourth-order valence-corrected chi connectivity index (χ4v) is 4.80. The van der Waals surface area contributed by atoms with Gasteiger partial charge in [0.1, 0.15) is 5.58 Å². The van der Waals surface area contributed by atoms with Gasteiger partial charge in [0.2, 0.25) is 5.76 Å². The van der Waals surface area contributed by atoms with Crippen LogP contribution in [0.15, 0.2) is 63.8 Å². The summed E-state index contributed by atoms with van der Waals surface area (Å²) in [5, 5.41) is 0.477. The number of carbonyl (C=O) groups is 1. The summed E-state index contributed by atoms with van der Waals surface area (Å²) in [6, 6.07) is 16.6. The molecule has 0 bridgehead atoms. The van der Waals surface area contributed by atoms with Gasteiger partial charge < -0.3 is 18.8 Å². The summed E-state index contributed by atoms with van der Waals surface area (Å²) in [6.07, 6.45) is 0. The van der Waals surface area contributed by atoms with Gasteiger partial charge in [-0.05, 0) is 74.2 Å². The first-order valence-electron chi connectivity index (χ1n) is 12.1. The maximum absolute atomic E-state index is 13.9. The topological polar surface area (TPSA) is 69.0 Å². The molecule has 0 saturated carbocycles. The molecule has 2 heterocycles. The fourth-order valence-electron chi connectivity index (χ4n) is 4.80. The van der Waals surface area contributed by atoms with Crippen molar-refractivity contribution in [1.82, 2.24) is 4.90 Å². The van der Waals surface area contributed by atoms with Crippen LogP contribution in [-0.2, 0) is 6.54 Å². The molecule has 0 spiro atoms. The van der Waals surface area contributed by atoms with Crippen molar-refractivity contribution in [2.45, 2.75) is 40.3 Å². The molecule has 1 aliphatic rings. The fraction of sp³-hybridized carbons (Fsp3) is 0.267. The van der Waals surface area contributed by atoms with Crippen LogP contribution in [-0.4, -0.2) is 24.5 Å². The summed E-state index contributed by atoms with van der Waals surface area (Å²) in [7, 11) is 1.58. The Kier molecular flexibility index (Phi) is 6.04. The van der Waals surface area contributed by atoms with Gasteiger partial charge in [-0.15, -0.1) is 0 Å². The van der Waals surface area contributed by atoms with Crippen LogP contribution in [0.25, 0.3) is 11.0 Å². The summed E-state index contributed by atoms with van der Waals surface area (Å²) < 4.78 is 17.4. The van der Waals surface area contributed by atoms with Crippen LogP contribution in [0.2, 0.25) is 0 Å². The van der Waals surface area contributed by atoms with Gasteiger partial charge in [-0.1, -0.05) is 35.9 Å². The zero-order valence-corrected chi connectivity index (χ0v) is 21.2. The predicted molar refractivity (Wildman–Crippen MR) is 139 cm³/mol. The summed E-state index contributed by atoms with van der Waals surface area (Å²) in [4.78, 5) is 29.3. The van der Waals surface area contributed by atoms with Crippen molar-refractivity contribution >= 4 is 16.9 Å². The molecule has 6 nitrogen and oxygen atoms in total. The number of hydrogen-bond donors (Lipinski definition) is 0. The van der Waals surface area contributed by atoms with Gasteiger partial charge in [0.15, 0.2) is 16.9 Å². The number of rotatable bonds is 6. The average Bonchev–Trinajstić information content (AvgIpc) is 3.14. The molecule has 3 aromatic carbocycles. The molecule has 0 saturated heterocycles. The first kappa shape index (κ1) is 23.7. The van der Waals surface area contributed by atoms with E-state index in [-0.39, 0.29) is 17.1 Å². The Hall–Kier alpha value is -4.06. The highest BCUT2D eigenvalue weighted by atomic mass is 16.5. The number of ether oxygens (including phenoxy) is 2. The minimum absolute atomic E-state index is 0.0979. The number of amides is 1. The third-order valence-electron chi connectivity index (χ3n) is 6.86. The van der Waals surface area contributed by atoms with Gasteiger partial charge in [0.25, 0.3) is 5.91 Å². The van der Waals surface area contributed by atoms with Gasteiger partial charge in [-0.25, -0.2) is 0 Å². The quantitative estimate of drug-likeness (QED) is 0.343. The number of fused-ring (bicyclic) bond motifs is 2. The van der Waals surface area contributed by atoms with E-state index >= 15 is 0 Å². The lowest BCUT2D eigenvalue weighted by atomic mass is 9.97. The second-order valence-corrected chi connectivity index (χ2v) is 9.27. The van der Waals surface area contributed by atoms with Crippen molar-refractivity contribution < 1.29 is 18.7 Å². The molecule has 0 N–H and O–H groups in total. The lowest BCUT2D eigenvalue weighted by Crippen LogP contribution is -2.29. The van der Waals surface area contributed by atoms with Gasteiger partial charge in [0.05, 0.1) is 30.7 Å². The van der Waals surface area contributed by atoms with Crippen LogP contribution in [0.5, 0.6) is 11.5 Å². The summed E-state index contributed by atoms with van der Waals surface area (Å²) >= 11 is 0. The number of benzene rings is 3. The standard InChI is InChI=1S/C30H29NO5/c1-6-35-23-12-11-21(15-25(23)34-5)27-26-28(32)22-13-18(3)19(4)14-24(22)36-29(26)30(33)31(27)16-20-9-7-17(2)8-10-20/h7-15,27H,6,16H2,1-5H3. The molecule has 0 fully saturated rings. The van der Waals surface area contributed by atoms with Crippen LogP contribution in [0.4, 0.5) is 0 Å². The Balaban J connectivity index is 1.72. The van der Waals surface area contributed by atoms with Gasteiger partial charge in [0, 0.05) is 6.54 Å². The van der Waals surface area contributed by atoms with Crippen LogP contribution < -0.4 is 14.9 Å². The summed E-state index contributed by atoms with van der Waals surface area (Å²) in [5.74, 6) is 0.943. The Morgan fingerprint density at radius 3 is 2.33 bits per heavy atom. The predicted octanol–water partition coefficient (Wildman–Crippen LogP) is 5.87. The maximum Gasteiger partial charge on any atom is 0.291 e. The number of carbonyl (C=O) groups excluding carboxylic acids is 1. The second kappa shape index (κ2) is 9.19. The monoisotopic (exact) mass is 483 g/mol. The first-order chi connectivity index (χ1) is 17.3. The van der Waals surface area contributed by atoms with Crippen molar-refractivity contribution in [2.75, 3.05) is 13.7 Å². The van der Waals surface area contributed by atoms with E-state index in [1.807, 2.05) is 82.3 Å². The molecule has 1 atom stereocenters. The minimum atomic E-state index is -0.624. The van der Waals surface area contributed by atoms with Gasteiger partial charge in [-0.3, -0.25) is 9.59 Å². The molecular formula is C30H29NO5. The Bertz CT molecular complexity index is 1530. The Morgan fingerprint density at radius 2 is 1.64 bits per heavy atom. The highest BCUT2D eigenvalue weighted by molar-refractivity contribution is 5.99. The normalized spacial score (nSPS) is 14.9. The maximum atomic E-state index is 13.9.